The van der Waals surface area contributed by atoms with E-state index in [0.29, 0.717) is 10.7 Å². The predicted molar refractivity (Wildman–Crippen MR) is 80.0 cm³/mol. The summed E-state index contributed by atoms with van der Waals surface area (Å²) in [5.74, 6) is 0. The number of aromatic nitrogens is 1. The minimum absolute atomic E-state index is 0.139. The largest absolute Gasteiger partial charge is 0.389 e. The lowest BCUT2D eigenvalue weighted by atomic mass is 10.2. The molecule has 3 N–H and O–H groups in total. The second-order valence-corrected chi connectivity index (χ2v) is 7.13. The maximum atomic E-state index is 12.1. The van der Waals surface area contributed by atoms with Crippen LogP contribution in [-0.2, 0) is 10.0 Å². The highest BCUT2D eigenvalue weighted by Crippen LogP contribution is 2.21. The highest BCUT2D eigenvalue weighted by atomic mass is 32.2. The van der Waals surface area contributed by atoms with Crippen LogP contribution >= 0.6 is 23.6 Å². The van der Waals surface area contributed by atoms with Gasteiger partial charge in [-0.1, -0.05) is 24.4 Å². The molecule has 0 atom stereocenters. The Morgan fingerprint density at radius 1 is 1.37 bits per heavy atom. The number of thiazole rings is 1. The molecule has 0 fully saturated rings. The van der Waals surface area contributed by atoms with E-state index in [1.807, 2.05) is 6.92 Å². The molecule has 1 aromatic heterocycles. The van der Waals surface area contributed by atoms with E-state index in [0.717, 1.165) is 4.88 Å². The van der Waals surface area contributed by atoms with Gasteiger partial charge in [-0.3, -0.25) is 4.72 Å². The SMILES string of the molecule is Cc1cnc(NS(=O)(=O)c2ccc(C(N)=S)cc2)s1. The van der Waals surface area contributed by atoms with Crippen molar-refractivity contribution in [1.29, 1.82) is 0 Å². The number of nitrogens with one attached hydrogen (secondary N) is 1. The average molecular weight is 313 g/mol. The molecule has 5 nitrogen and oxygen atoms in total. The number of nitrogens with two attached hydrogens (primary N) is 1. The summed E-state index contributed by atoms with van der Waals surface area (Å²) < 4.78 is 26.6. The smallest absolute Gasteiger partial charge is 0.263 e. The number of anilines is 1. The highest BCUT2D eigenvalue weighted by Gasteiger charge is 2.15. The molecule has 8 heteroatoms. The summed E-state index contributed by atoms with van der Waals surface area (Å²) in [4.78, 5) is 5.26. The van der Waals surface area contributed by atoms with Crippen LogP contribution in [-0.4, -0.2) is 18.4 Å². The number of hydrogen-bond donors (Lipinski definition) is 2. The van der Waals surface area contributed by atoms with Gasteiger partial charge in [-0.2, -0.15) is 0 Å². The Kier molecular flexibility index (Phi) is 3.83. The zero-order valence-corrected chi connectivity index (χ0v) is 12.4. The van der Waals surface area contributed by atoms with E-state index in [4.69, 9.17) is 18.0 Å². The van der Waals surface area contributed by atoms with Crippen LogP contribution in [0.2, 0.25) is 0 Å². The summed E-state index contributed by atoms with van der Waals surface area (Å²) in [6.45, 7) is 1.85. The molecule has 0 unspecified atom stereocenters. The first-order valence-electron chi connectivity index (χ1n) is 5.23. The third-order valence-corrected chi connectivity index (χ3v) is 4.84. The Labute approximate surface area is 120 Å². The lowest BCUT2D eigenvalue weighted by molar-refractivity contribution is 0.601. The van der Waals surface area contributed by atoms with Crippen molar-refractivity contribution in [2.75, 3.05) is 4.72 Å². The summed E-state index contributed by atoms with van der Waals surface area (Å²) in [6, 6.07) is 6.06. The Morgan fingerprint density at radius 2 is 2.00 bits per heavy atom. The highest BCUT2D eigenvalue weighted by molar-refractivity contribution is 7.93. The van der Waals surface area contributed by atoms with Crippen LogP contribution in [0.4, 0.5) is 5.13 Å². The van der Waals surface area contributed by atoms with Gasteiger partial charge in [-0.05, 0) is 19.1 Å². The van der Waals surface area contributed by atoms with Crippen LogP contribution in [0.25, 0.3) is 0 Å². The Hall–Kier alpha value is -1.51. The second kappa shape index (κ2) is 5.24. The first kappa shape index (κ1) is 13.9. The molecule has 0 aliphatic rings. The van der Waals surface area contributed by atoms with Crippen molar-refractivity contribution < 1.29 is 8.42 Å². The Balaban J connectivity index is 2.26. The zero-order valence-electron chi connectivity index (χ0n) is 9.95. The molecule has 1 heterocycles. The quantitative estimate of drug-likeness (QED) is 0.842. The lowest BCUT2D eigenvalue weighted by Crippen LogP contribution is -2.14. The van der Waals surface area contributed by atoms with Gasteiger partial charge in [0.2, 0.25) is 0 Å². The molecular formula is C11H11N3O2S3. The van der Waals surface area contributed by atoms with Crippen LogP contribution in [0.3, 0.4) is 0 Å². The summed E-state index contributed by atoms with van der Waals surface area (Å²) in [7, 11) is -3.63. The fourth-order valence-corrected chi connectivity index (χ4v) is 3.42. The summed E-state index contributed by atoms with van der Waals surface area (Å²) in [5.41, 5.74) is 6.08. The van der Waals surface area contributed by atoms with Crippen LogP contribution < -0.4 is 10.5 Å². The molecule has 2 rings (SSSR count). The molecule has 0 aliphatic heterocycles. The van der Waals surface area contributed by atoms with E-state index >= 15 is 0 Å². The van der Waals surface area contributed by atoms with Gasteiger partial charge in [-0.15, -0.1) is 11.3 Å². The van der Waals surface area contributed by atoms with Gasteiger partial charge in [0.25, 0.3) is 10.0 Å². The van der Waals surface area contributed by atoms with Crippen LogP contribution in [0.15, 0.2) is 35.4 Å². The van der Waals surface area contributed by atoms with Gasteiger partial charge in [0.15, 0.2) is 5.13 Å². The fraction of sp³-hybridized carbons (Fsp3) is 0.0909. The number of rotatable bonds is 4. The zero-order chi connectivity index (χ0) is 14.0. The molecule has 0 radical (unpaired) electrons. The van der Waals surface area contributed by atoms with Crippen molar-refractivity contribution in [3.63, 3.8) is 0 Å². The Bertz CT molecular complexity index is 705. The minimum Gasteiger partial charge on any atom is -0.389 e. The lowest BCUT2D eigenvalue weighted by Gasteiger charge is -2.05. The van der Waals surface area contributed by atoms with Crippen molar-refractivity contribution in [3.05, 3.63) is 40.9 Å². The van der Waals surface area contributed by atoms with E-state index in [1.165, 1.54) is 23.5 Å². The molecule has 2 aromatic rings. The first-order valence-corrected chi connectivity index (χ1v) is 7.94. The molecule has 0 saturated heterocycles. The van der Waals surface area contributed by atoms with E-state index in [-0.39, 0.29) is 9.88 Å². The molecule has 0 saturated carbocycles. The molecule has 0 spiro atoms. The molecule has 0 aliphatic carbocycles. The van der Waals surface area contributed by atoms with Gasteiger partial charge in [0, 0.05) is 16.6 Å². The third-order valence-electron chi connectivity index (χ3n) is 2.29. The molecule has 19 heavy (non-hydrogen) atoms. The van der Waals surface area contributed by atoms with E-state index in [9.17, 15) is 8.42 Å². The molecule has 0 amide bonds. The summed E-state index contributed by atoms with van der Waals surface area (Å²) in [6.07, 6.45) is 1.61. The van der Waals surface area contributed by atoms with E-state index in [2.05, 4.69) is 9.71 Å². The normalized spacial score (nSPS) is 11.2. The molecular weight excluding hydrogens is 302 g/mol. The van der Waals surface area contributed by atoms with Gasteiger partial charge in [0.1, 0.15) is 4.99 Å². The number of sulfonamides is 1. The number of hydrogen-bond acceptors (Lipinski definition) is 5. The van der Waals surface area contributed by atoms with E-state index in [1.54, 1.807) is 18.3 Å². The van der Waals surface area contributed by atoms with Crippen molar-refractivity contribution in [3.8, 4) is 0 Å². The van der Waals surface area contributed by atoms with Crippen molar-refractivity contribution in [2.45, 2.75) is 11.8 Å². The van der Waals surface area contributed by atoms with Gasteiger partial charge >= 0.3 is 0 Å². The van der Waals surface area contributed by atoms with E-state index < -0.39 is 10.0 Å². The van der Waals surface area contributed by atoms with Crippen LogP contribution in [0.1, 0.15) is 10.4 Å². The maximum Gasteiger partial charge on any atom is 0.263 e. The van der Waals surface area contributed by atoms with Crippen molar-refractivity contribution >= 4 is 43.7 Å². The van der Waals surface area contributed by atoms with Crippen molar-refractivity contribution in [2.24, 2.45) is 5.73 Å². The van der Waals surface area contributed by atoms with Crippen LogP contribution in [0.5, 0.6) is 0 Å². The van der Waals surface area contributed by atoms with Crippen molar-refractivity contribution in [1.82, 2.24) is 4.98 Å². The summed E-state index contributed by atoms with van der Waals surface area (Å²) >= 11 is 6.09. The maximum absolute atomic E-state index is 12.1. The molecule has 0 bridgehead atoms. The van der Waals surface area contributed by atoms with Gasteiger partial charge in [0.05, 0.1) is 4.90 Å². The molecule has 1 aromatic carbocycles. The number of aryl methyl sites for hydroxylation is 1. The van der Waals surface area contributed by atoms with Gasteiger partial charge in [-0.25, -0.2) is 13.4 Å². The third kappa shape index (κ3) is 3.28. The monoisotopic (exact) mass is 313 g/mol. The van der Waals surface area contributed by atoms with Gasteiger partial charge < -0.3 is 5.73 Å². The summed E-state index contributed by atoms with van der Waals surface area (Å²) in [5, 5.41) is 0.343. The standard InChI is InChI=1S/C11H11N3O2S3/c1-7-6-13-11(18-7)14-19(15,16)9-4-2-8(3-5-9)10(12)17/h2-6H,1H3,(H2,12,17)(H,13,14). The molecule has 100 valence electrons. The number of nitrogens with zero attached hydrogens (tertiary/aromatic N) is 1. The van der Waals surface area contributed by atoms with Crippen LogP contribution in [0, 0.1) is 6.92 Å². The second-order valence-electron chi connectivity index (χ2n) is 3.77. The Morgan fingerprint density at radius 3 is 2.47 bits per heavy atom. The first-order chi connectivity index (χ1) is 8.88. The average Bonchev–Trinajstić information content (AvgIpc) is 2.74. The topological polar surface area (TPSA) is 85.1 Å². The number of benzene rings is 1. The minimum atomic E-state index is -3.63. The number of thiocarbonyl (C=S) groups is 1. The predicted octanol–water partition coefficient (Wildman–Crippen LogP) is 1.89. The fourth-order valence-electron chi connectivity index (χ4n) is 1.37.